The predicted molar refractivity (Wildman–Crippen MR) is 65.1 cm³/mol. The molecule has 0 aliphatic rings. The summed E-state index contributed by atoms with van der Waals surface area (Å²) in [5, 5.41) is 0. The highest BCUT2D eigenvalue weighted by Crippen LogP contribution is 2.22. The van der Waals surface area contributed by atoms with Crippen molar-refractivity contribution in [3.63, 3.8) is 0 Å². The Balaban J connectivity index is 2.28. The minimum Gasteiger partial charge on any atom is -0.300 e. The Bertz CT molecular complexity index is 707. The third-order valence-electron chi connectivity index (χ3n) is 2.60. The maximum Gasteiger partial charge on any atom is 0.189 e. The number of benzene rings is 1. The Hall–Kier alpha value is -2.67. The zero-order valence-electron chi connectivity index (χ0n) is 8.91. The minimum atomic E-state index is 0.619. The quantitative estimate of drug-likeness (QED) is 0.591. The second kappa shape index (κ2) is 3.72. The van der Waals surface area contributed by atoms with Gasteiger partial charge in [-0.15, -0.1) is 0 Å². The first kappa shape index (κ1) is 9.55. The highest BCUT2D eigenvalue weighted by atomic mass is 15.0. The number of hydrogen-bond donors (Lipinski definition) is 0. The fourth-order valence-electron chi connectivity index (χ4n) is 1.78. The van der Waals surface area contributed by atoms with E-state index in [0.717, 1.165) is 16.7 Å². The largest absolute Gasteiger partial charge is 0.300 e. The van der Waals surface area contributed by atoms with E-state index in [9.17, 15) is 0 Å². The second-order valence-electron chi connectivity index (χ2n) is 3.60. The smallest absolute Gasteiger partial charge is 0.189 e. The summed E-state index contributed by atoms with van der Waals surface area (Å²) in [6, 6.07) is 9.30. The van der Waals surface area contributed by atoms with Crippen LogP contribution in [-0.2, 0) is 0 Å². The number of rotatable bonds is 1. The molecule has 0 N–H and O–H groups in total. The molecule has 1 aromatic carbocycles. The fourth-order valence-corrected chi connectivity index (χ4v) is 1.78. The highest BCUT2D eigenvalue weighted by Gasteiger charge is 2.04. The molecule has 0 amide bonds. The topological polar surface area (TPSA) is 35.1 Å². The normalized spacial score (nSPS) is 10.3. The molecule has 0 saturated carbocycles. The molecule has 2 aromatic heterocycles. The van der Waals surface area contributed by atoms with Gasteiger partial charge in [-0.25, -0.2) is 9.83 Å². The predicted octanol–water partition coefficient (Wildman–Crippen LogP) is 2.97. The van der Waals surface area contributed by atoms with Crippen LogP contribution in [0, 0.1) is 6.57 Å². The Morgan fingerprint density at radius 2 is 1.94 bits per heavy atom. The number of fused-ring (bicyclic) bond motifs is 1. The van der Waals surface area contributed by atoms with Crippen LogP contribution >= 0.6 is 0 Å². The van der Waals surface area contributed by atoms with E-state index in [4.69, 9.17) is 6.57 Å². The highest BCUT2D eigenvalue weighted by molar-refractivity contribution is 5.81. The van der Waals surface area contributed by atoms with Crippen LogP contribution in [0.3, 0.4) is 0 Å². The van der Waals surface area contributed by atoms with Crippen LogP contribution in [0.1, 0.15) is 0 Å². The number of imidazole rings is 1. The molecule has 0 spiro atoms. The lowest BCUT2D eigenvalue weighted by molar-refractivity contribution is 1.08. The molecule has 0 aliphatic carbocycles. The molecule has 17 heavy (non-hydrogen) atoms. The summed E-state index contributed by atoms with van der Waals surface area (Å²) < 4.78 is 1.95. The summed E-state index contributed by atoms with van der Waals surface area (Å²) in [7, 11) is 0. The Morgan fingerprint density at radius 1 is 1.12 bits per heavy atom. The molecular weight excluding hydrogens is 212 g/mol. The van der Waals surface area contributed by atoms with Gasteiger partial charge in [-0.2, -0.15) is 0 Å². The van der Waals surface area contributed by atoms with Gasteiger partial charge in [0.2, 0.25) is 0 Å². The zero-order valence-corrected chi connectivity index (χ0v) is 8.91. The van der Waals surface area contributed by atoms with E-state index < -0.39 is 0 Å². The molecule has 3 aromatic rings. The molecule has 80 valence electrons. The molecule has 2 heterocycles. The van der Waals surface area contributed by atoms with Crippen LogP contribution in [0.15, 0.2) is 49.1 Å². The van der Waals surface area contributed by atoms with E-state index in [1.165, 1.54) is 0 Å². The van der Waals surface area contributed by atoms with Crippen molar-refractivity contribution in [3.05, 3.63) is 60.5 Å². The van der Waals surface area contributed by atoms with Gasteiger partial charge in [-0.1, -0.05) is 6.07 Å². The molecule has 4 heteroatoms. The van der Waals surface area contributed by atoms with Crippen molar-refractivity contribution in [2.45, 2.75) is 0 Å². The van der Waals surface area contributed by atoms with Crippen LogP contribution in [0.2, 0.25) is 0 Å². The van der Waals surface area contributed by atoms with E-state index in [1.807, 2.05) is 28.8 Å². The first-order valence-electron chi connectivity index (χ1n) is 5.13. The summed E-state index contributed by atoms with van der Waals surface area (Å²) in [6.07, 6.45) is 5.23. The molecule has 0 saturated heterocycles. The molecule has 0 aliphatic heterocycles. The molecule has 0 atom stereocenters. The number of nitrogens with zero attached hydrogens (tertiary/aromatic N) is 4. The first-order valence-corrected chi connectivity index (χ1v) is 5.13. The Labute approximate surface area is 98.0 Å². The molecule has 0 fully saturated rings. The lowest BCUT2D eigenvalue weighted by Crippen LogP contribution is -1.91. The van der Waals surface area contributed by atoms with Gasteiger partial charge in [0.25, 0.3) is 0 Å². The van der Waals surface area contributed by atoms with Crippen LogP contribution in [0.4, 0.5) is 5.69 Å². The average molecular weight is 220 g/mol. The minimum absolute atomic E-state index is 0.619. The van der Waals surface area contributed by atoms with Gasteiger partial charge in [-0.05, 0) is 24.3 Å². The third kappa shape index (κ3) is 1.54. The van der Waals surface area contributed by atoms with Gasteiger partial charge in [0.15, 0.2) is 5.69 Å². The van der Waals surface area contributed by atoms with Gasteiger partial charge < -0.3 is 4.57 Å². The monoisotopic (exact) mass is 220 g/mol. The van der Waals surface area contributed by atoms with E-state index in [2.05, 4.69) is 14.8 Å². The molecule has 0 bridgehead atoms. The average Bonchev–Trinajstić information content (AvgIpc) is 2.82. The second-order valence-corrected chi connectivity index (χ2v) is 3.60. The van der Waals surface area contributed by atoms with Crippen LogP contribution in [-0.4, -0.2) is 14.5 Å². The summed E-state index contributed by atoms with van der Waals surface area (Å²) in [4.78, 5) is 11.7. The third-order valence-corrected chi connectivity index (χ3v) is 2.60. The maximum absolute atomic E-state index is 7.03. The SMILES string of the molecule is [C-]#[N+]c1ccc2ncn(-c3ccncc3)c2c1. The Morgan fingerprint density at radius 3 is 2.71 bits per heavy atom. The van der Waals surface area contributed by atoms with Crippen molar-refractivity contribution in [1.29, 1.82) is 0 Å². The first-order chi connectivity index (χ1) is 8.38. The van der Waals surface area contributed by atoms with Crippen LogP contribution < -0.4 is 0 Å². The van der Waals surface area contributed by atoms with Crippen LogP contribution in [0.5, 0.6) is 0 Å². The van der Waals surface area contributed by atoms with Crippen molar-refractivity contribution in [2.24, 2.45) is 0 Å². The van der Waals surface area contributed by atoms with Crippen molar-refractivity contribution < 1.29 is 0 Å². The van der Waals surface area contributed by atoms with E-state index >= 15 is 0 Å². The Kier molecular flexibility index (Phi) is 2.09. The molecule has 4 nitrogen and oxygen atoms in total. The fraction of sp³-hybridized carbons (Fsp3) is 0. The van der Waals surface area contributed by atoms with Gasteiger partial charge in [-0.3, -0.25) is 4.98 Å². The number of pyridine rings is 1. The lowest BCUT2D eigenvalue weighted by Gasteiger charge is -2.03. The summed E-state index contributed by atoms with van der Waals surface area (Å²) in [6.45, 7) is 7.03. The van der Waals surface area contributed by atoms with Crippen LogP contribution in [0.25, 0.3) is 21.6 Å². The molecule has 3 rings (SSSR count). The molecular formula is C13H8N4. The molecule has 0 radical (unpaired) electrons. The zero-order chi connectivity index (χ0) is 11.7. The molecule has 0 unspecified atom stereocenters. The number of hydrogen-bond acceptors (Lipinski definition) is 2. The number of aromatic nitrogens is 3. The maximum atomic E-state index is 7.03. The van der Waals surface area contributed by atoms with Gasteiger partial charge in [0, 0.05) is 12.4 Å². The van der Waals surface area contributed by atoms with Crippen molar-refractivity contribution in [1.82, 2.24) is 14.5 Å². The van der Waals surface area contributed by atoms with Crippen molar-refractivity contribution in [3.8, 4) is 5.69 Å². The van der Waals surface area contributed by atoms with Crippen molar-refractivity contribution in [2.75, 3.05) is 0 Å². The van der Waals surface area contributed by atoms with Gasteiger partial charge in [0.05, 0.1) is 23.3 Å². The van der Waals surface area contributed by atoms with E-state index in [-0.39, 0.29) is 0 Å². The van der Waals surface area contributed by atoms with E-state index in [1.54, 1.807) is 24.8 Å². The lowest BCUT2D eigenvalue weighted by atomic mass is 10.2. The van der Waals surface area contributed by atoms with Crippen molar-refractivity contribution >= 4 is 16.7 Å². The van der Waals surface area contributed by atoms with E-state index in [0.29, 0.717) is 5.69 Å². The summed E-state index contributed by atoms with van der Waals surface area (Å²) in [5.41, 5.74) is 3.43. The van der Waals surface area contributed by atoms with Gasteiger partial charge >= 0.3 is 0 Å². The summed E-state index contributed by atoms with van der Waals surface area (Å²) in [5.74, 6) is 0. The summed E-state index contributed by atoms with van der Waals surface area (Å²) >= 11 is 0. The van der Waals surface area contributed by atoms with Gasteiger partial charge in [0.1, 0.15) is 6.33 Å². The standard InChI is InChI=1S/C13H8N4/c1-14-10-2-3-12-13(8-10)17(9-16-12)11-4-6-15-7-5-11/h2-9H.